The van der Waals surface area contributed by atoms with Gasteiger partial charge in [-0.05, 0) is 25.7 Å². The summed E-state index contributed by atoms with van der Waals surface area (Å²) in [6.07, 6.45) is 1.54. The zero-order valence-corrected chi connectivity index (χ0v) is 6.82. The van der Waals surface area contributed by atoms with Gasteiger partial charge < -0.3 is 5.73 Å². The molecule has 0 bridgehead atoms. The molecule has 1 rings (SSSR count). The average molecular weight is 163 g/mol. The molecular weight excluding hydrogens is 148 g/mol. The van der Waals surface area contributed by atoms with E-state index in [0.717, 1.165) is 6.42 Å². The minimum Gasteiger partial charge on any atom is -0.328 e. The molecule has 0 saturated heterocycles. The highest BCUT2D eigenvalue weighted by Crippen LogP contribution is 2.37. The van der Waals surface area contributed by atoms with Crippen LogP contribution in [0.25, 0.3) is 0 Å². The van der Waals surface area contributed by atoms with Crippen LogP contribution in [-0.2, 0) is 0 Å². The van der Waals surface area contributed by atoms with Crippen LogP contribution in [0.2, 0.25) is 0 Å². The number of hydrogen-bond donors (Lipinski definition) is 1. The second kappa shape index (κ2) is 3.05. The number of alkyl halides is 2. The summed E-state index contributed by atoms with van der Waals surface area (Å²) >= 11 is 0. The van der Waals surface area contributed by atoms with Crippen LogP contribution in [0.1, 0.15) is 32.6 Å². The van der Waals surface area contributed by atoms with Gasteiger partial charge in [0.1, 0.15) is 0 Å². The maximum Gasteiger partial charge on any atom is 0.248 e. The maximum absolute atomic E-state index is 12.8. The van der Waals surface area contributed by atoms with E-state index in [-0.39, 0.29) is 24.8 Å². The molecule has 11 heavy (non-hydrogen) atoms. The molecule has 3 heteroatoms. The van der Waals surface area contributed by atoms with Crippen molar-refractivity contribution in [1.82, 2.24) is 0 Å². The molecular formula is C8H15F2N. The fourth-order valence-electron chi connectivity index (χ4n) is 1.66. The van der Waals surface area contributed by atoms with Crippen LogP contribution in [0.5, 0.6) is 0 Å². The Balaban J connectivity index is 2.46. The van der Waals surface area contributed by atoms with Gasteiger partial charge in [0, 0.05) is 18.9 Å². The highest BCUT2D eigenvalue weighted by Gasteiger charge is 2.37. The van der Waals surface area contributed by atoms with E-state index in [1.54, 1.807) is 0 Å². The summed E-state index contributed by atoms with van der Waals surface area (Å²) < 4.78 is 25.5. The smallest absolute Gasteiger partial charge is 0.248 e. The summed E-state index contributed by atoms with van der Waals surface area (Å²) in [6, 6.07) is -0.0822. The summed E-state index contributed by atoms with van der Waals surface area (Å²) in [5.41, 5.74) is 5.55. The highest BCUT2D eigenvalue weighted by molar-refractivity contribution is 4.82. The predicted octanol–water partition coefficient (Wildman–Crippen LogP) is 2.16. The minimum absolute atomic E-state index is 0.00926. The van der Waals surface area contributed by atoms with Gasteiger partial charge in [0.25, 0.3) is 0 Å². The molecule has 1 aliphatic rings. The molecule has 1 nitrogen and oxygen atoms in total. The van der Waals surface area contributed by atoms with Crippen molar-refractivity contribution in [2.45, 2.75) is 44.6 Å². The van der Waals surface area contributed by atoms with Gasteiger partial charge in [-0.25, -0.2) is 8.78 Å². The van der Waals surface area contributed by atoms with Crippen molar-refractivity contribution >= 4 is 0 Å². The third kappa shape index (κ3) is 2.40. The Morgan fingerprint density at radius 2 is 2.18 bits per heavy atom. The largest absolute Gasteiger partial charge is 0.328 e. The lowest BCUT2D eigenvalue weighted by Crippen LogP contribution is -2.35. The molecule has 1 aliphatic carbocycles. The van der Waals surface area contributed by atoms with E-state index in [9.17, 15) is 8.78 Å². The average Bonchev–Trinajstić information content (AvgIpc) is 1.85. The number of rotatable bonds is 1. The second-order valence-corrected chi connectivity index (χ2v) is 3.57. The van der Waals surface area contributed by atoms with Gasteiger partial charge in [0.2, 0.25) is 5.92 Å². The van der Waals surface area contributed by atoms with Crippen molar-refractivity contribution in [1.29, 1.82) is 0 Å². The highest BCUT2D eigenvalue weighted by atomic mass is 19.3. The maximum atomic E-state index is 12.8. The van der Waals surface area contributed by atoms with Gasteiger partial charge in [-0.3, -0.25) is 0 Å². The van der Waals surface area contributed by atoms with Crippen LogP contribution in [-0.4, -0.2) is 12.0 Å². The first kappa shape index (κ1) is 8.91. The zero-order valence-electron chi connectivity index (χ0n) is 6.82. The zero-order chi connectivity index (χ0) is 8.48. The molecule has 66 valence electrons. The van der Waals surface area contributed by atoms with Crippen molar-refractivity contribution in [2.75, 3.05) is 0 Å². The number of nitrogens with two attached hydrogens (primary N) is 1. The van der Waals surface area contributed by atoms with E-state index in [2.05, 4.69) is 0 Å². The van der Waals surface area contributed by atoms with Crippen molar-refractivity contribution in [2.24, 2.45) is 11.7 Å². The molecule has 0 aliphatic heterocycles. The van der Waals surface area contributed by atoms with Gasteiger partial charge in [0.15, 0.2) is 0 Å². The Morgan fingerprint density at radius 3 is 2.55 bits per heavy atom. The first-order valence-corrected chi connectivity index (χ1v) is 4.15. The van der Waals surface area contributed by atoms with Gasteiger partial charge in [-0.1, -0.05) is 0 Å². The van der Waals surface area contributed by atoms with Crippen LogP contribution in [0, 0.1) is 5.92 Å². The molecule has 0 heterocycles. The first-order valence-electron chi connectivity index (χ1n) is 4.15. The Morgan fingerprint density at radius 1 is 1.55 bits per heavy atom. The fourth-order valence-corrected chi connectivity index (χ4v) is 1.66. The number of halogens is 2. The SMILES string of the molecule is CC(N)C1CCCC(F)(F)C1. The summed E-state index contributed by atoms with van der Waals surface area (Å²) in [7, 11) is 0. The molecule has 2 unspecified atom stereocenters. The van der Waals surface area contributed by atoms with Gasteiger partial charge in [0.05, 0.1) is 0 Å². The lowest BCUT2D eigenvalue weighted by molar-refractivity contribution is -0.0553. The Labute approximate surface area is 66.0 Å². The van der Waals surface area contributed by atoms with E-state index >= 15 is 0 Å². The third-order valence-electron chi connectivity index (χ3n) is 2.42. The Bertz CT molecular complexity index is 134. The molecule has 2 N–H and O–H groups in total. The normalized spacial score (nSPS) is 33.3. The lowest BCUT2D eigenvalue weighted by atomic mass is 9.83. The van der Waals surface area contributed by atoms with Crippen LogP contribution in [0.4, 0.5) is 8.78 Å². The monoisotopic (exact) mass is 163 g/mol. The van der Waals surface area contributed by atoms with Crippen LogP contribution < -0.4 is 5.73 Å². The topological polar surface area (TPSA) is 26.0 Å². The van der Waals surface area contributed by atoms with E-state index in [1.165, 1.54) is 0 Å². The quantitative estimate of drug-likeness (QED) is 0.629. The minimum atomic E-state index is -2.45. The second-order valence-electron chi connectivity index (χ2n) is 3.57. The molecule has 0 amide bonds. The number of hydrogen-bond acceptors (Lipinski definition) is 1. The predicted molar refractivity (Wildman–Crippen MR) is 40.6 cm³/mol. The van der Waals surface area contributed by atoms with E-state index in [4.69, 9.17) is 5.73 Å². The summed E-state index contributed by atoms with van der Waals surface area (Å²) in [5.74, 6) is -2.42. The van der Waals surface area contributed by atoms with Gasteiger partial charge in [-0.2, -0.15) is 0 Å². The van der Waals surface area contributed by atoms with E-state index in [0.29, 0.717) is 6.42 Å². The van der Waals surface area contributed by atoms with E-state index < -0.39 is 5.92 Å². The summed E-state index contributed by atoms with van der Waals surface area (Å²) in [4.78, 5) is 0. The van der Waals surface area contributed by atoms with Crippen molar-refractivity contribution in [3.05, 3.63) is 0 Å². The molecule has 0 spiro atoms. The Kier molecular flexibility index (Phi) is 2.47. The lowest BCUT2D eigenvalue weighted by Gasteiger charge is -2.30. The molecule has 0 aromatic rings. The van der Waals surface area contributed by atoms with Gasteiger partial charge >= 0.3 is 0 Å². The Hall–Kier alpha value is -0.180. The molecule has 2 atom stereocenters. The first-order chi connectivity index (χ1) is 5.01. The molecule has 1 saturated carbocycles. The standard InChI is InChI=1S/C8H15F2N/c1-6(11)7-3-2-4-8(9,10)5-7/h6-7H,2-5,11H2,1H3. The van der Waals surface area contributed by atoms with Crippen LogP contribution in [0.15, 0.2) is 0 Å². The molecule has 0 aromatic carbocycles. The van der Waals surface area contributed by atoms with Crippen LogP contribution in [0.3, 0.4) is 0 Å². The summed E-state index contributed by atoms with van der Waals surface area (Å²) in [6.45, 7) is 1.81. The van der Waals surface area contributed by atoms with Crippen LogP contribution >= 0.6 is 0 Å². The van der Waals surface area contributed by atoms with Crippen molar-refractivity contribution in [3.8, 4) is 0 Å². The molecule has 0 radical (unpaired) electrons. The molecule has 0 aromatic heterocycles. The van der Waals surface area contributed by atoms with Crippen molar-refractivity contribution in [3.63, 3.8) is 0 Å². The summed E-state index contributed by atoms with van der Waals surface area (Å²) in [5, 5.41) is 0. The third-order valence-corrected chi connectivity index (χ3v) is 2.42. The molecule has 1 fully saturated rings. The van der Waals surface area contributed by atoms with Crippen molar-refractivity contribution < 1.29 is 8.78 Å². The fraction of sp³-hybridized carbons (Fsp3) is 1.00. The van der Waals surface area contributed by atoms with Gasteiger partial charge in [-0.15, -0.1) is 0 Å². The van der Waals surface area contributed by atoms with E-state index in [1.807, 2.05) is 6.92 Å².